The van der Waals surface area contributed by atoms with E-state index in [9.17, 15) is 23.1 Å². The van der Waals surface area contributed by atoms with E-state index < -0.39 is 30.7 Å². The van der Waals surface area contributed by atoms with E-state index in [2.05, 4.69) is 5.48 Å². The van der Waals surface area contributed by atoms with Crippen LogP contribution in [0.5, 0.6) is 0 Å². The van der Waals surface area contributed by atoms with E-state index in [-0.39, 0.29) is 19.7 Å². The molecule has 2 N–H and O–H groups in total. The Hall–Kier alpha value is -1.80. The van der Waals surface area contributed by atoms with Crippen molar-refractivity contribution in [3.05, 3.63) is 35.9 Å². The van der Waals surface area contributed by atoms with E-state index in [0.29, 0.717) is 0 Å². The van der Waals surface area contributed by atoms with Gasteiger partial charge in [-0.15, -0.1) is 0 Å². The van der Waals surface area contributed by atoms with Gasteiger partial charge in [0.1, 0.15) is 0 Å². The van der Waals surface area contributed by atoms with Crippen molar-refractivity contribution in [3.8, 4) is 0 Å². The number of benzene rings is 1. The Labute approximate surface area is 125 Å². The number of nitrogens with one attached hydrogen (secondary N) is 1. The molecule has 1 saturated heterocycles. The van der Waals surface area contributed by atoms with Crippen LogP contribution in [-0.4, -0.2) is 40.9 Å². The highest BCUT2D eigenvalue weighted by Crippen LogP contribution is 2.38. The van der Waals surface area contributed by atoms with Crippen molar-refractivity contribution < 1.29 is 27.9 Å². The third kappa shape index (κ3) is 3.89. The van der Waals surface area contributed by atoms with Gasteiger partial charge >= 0.3 is 12.2 Å². The zero-order valence-electron chi connectivity index (χ0n) is 11.8. The fourth-order valence-electron chi connectivity index (χ4n) is 2.18. The lowest BCUT2D eigenvalue weighted by Crippen LogP contribution is -2.55. The van der Waals surface area contributed by atoms with Crippen molar-refractivity contribution in [1.82, 2.24) is 10.4 Å². The number of hydrogen-bond donors (Lipinski definition) is 2. The van der Waals surface area contributed by atoms with Gasteiger partial charge in [0, 0.05) is 25.9 Å². The molecule has 22 heavy (non-hydrogen) atoms. The summed E-state index contributed by atoms with van der Waals surface area (Å²) < 4.78 is 38.0. The van der Waals surface area contributed by atoms with Crippen LogP contribution in [0.4, 0.5) is 18.0 Å². The molecule has 1 aliphatic rings. The van der Waals surface area contributed by atoms with Gasteiger partial charge < -0.3 is 10.0 Å². The van der Waals surface area contributed by atoms with Crippen LogP contribution in [-0.2, 0) is 11.4 Å². The van der Waals surface area contributed by atoms with Crippen LogP contribution in [0.25, 0.3) is 0 Å². The first-order chi connectivity index (χ1) is 10.3. The van der Waals surface area contributed by atoms with Gasteiger partial charge in [0.05, 0.1) is 6.61 Å². The predicted octanol–water partition coefficient (Wildman–Crippen LogP) is 2.22. The first-order valence-corrected chi connectivity index (χ1v) is 6.81. The molecule has 1 aromatic rings. The molecule has 8 heteroatoms. The van der Waals surface area contributed by atoms with Crippen molar-refractivity contribution in [3.63, 3.8) is 0 Å². The molecule has 0 bridgehead atoms. The van der Waals surface area contributed by atoms with Gasteiger partial charge in [-0.1, -0.05) is 30.3 Å². The fraction of sp³-hybridized carbons (Fsp3) is 0.500. The Bertz CT molecular complexity index is 500. The Morgan fingerprint density at radius 3 is 2.41 bits per heavy atom. The second-order valence-electron chi connectivity index (χ2n) is 5.20. The van der Waals surface area contributed by atoms with E-state index in [0.717, 1.165) is 5.56 Å². The molecule has 1 aliphatic heterocycles. The number of piperidine rings is 1. The molecule has 5 nitrogen and oxygen atoms in total. The Morgan fingerprint density at radius 1 is 1.27 bits per heavy atom. The highest BCUT2D eigenvalue weighted by Gasteiger charge is 2.54. The van der Waals surface area contributed by atoms with Crippen molar-refractivity contribution >= 4 is 6.03 Å². The average Bonchev–Trinajstić information content (AvgIpc) is 2.48. The number of urea groups is 1. The van der Waals surface area contributed by atoms with Gasteiger partial charge in [0.15, 0.2) is 5.60 Å². The zero-order chi connectivity index (χ0) is 16.2. The fourth-order valence-corrected chi connectivity index (χ4v) is 2.18. The average molecular weight is 318 g/mol. The molecule has 0 radical (unpaired) electrons. The molecule has 0 aliphatic carbocycles. The molecule has 0 unspecified atom stereocenters. The lowest BCUT2D eigenvalue weighted by atomic mass is 9.91. The number of hydrogen-bond acceptors (Lipinski definition) is 3. The molecule has 0 aromatic heterocycles. The van der Waals surface area contributed by atoms with Crippen LogP contribution in [0.3, 0.4) is 0 Å². The van der Waals surface area contributed by atoms with Crippen molar-refractivity contribution in [2.75, 3.05) is 13.1 Å². The molecule has 1 fully saturated rings. The summed E-state index contributed by atoms with van der Waals surface area (Å²) in [5, 5.41) is 9.52. The number of carbonyl (C=O) groups excluding carboxylic acids is 1. The van der Waals surface area contributed by atoms with E-state index >= 15 is 0 Å². The molecular weight excluding hydrogens is 301 g/mol. The van der Waals surface area contributed by atoms with E-state index in [1.165, 1.54) is 4.90 Å². The van der Waals surface area contributed by atoms with Gasteiger partial charge in [-0.05, 0) is 5.56 Å². The van der Waals surface area contributed by atoms with Crippen LogP contribution in [0.1, 0.15) is 18.4 Å². The van der Waals surface area contributed by atoms with E-state index in [4.69, 9.17) is 4.84 Å². The number of alkyl halides is 3. The van der Waals surface area contributed by atoms with Crippen LogP contribution in [0.2, 0.25) is 0 Å². The topological polar surface area (TPSA) is 61.8 Å². The van der Waals surface area contributed by atoms with Crippen LogP contribution >= 0.6 is 0 Å². The van der Waals surface area contributed by atoms with E-state index in [1.54, 1.807) is 0 Å². The number of nitrogens with zero attached hydrogens (tertiary/aromatic N) is 1. The van der Waals surface area contributed by atoms with Crippen molar-refractivity contribution in [1.29, 1.82) is 0 Å². The third-order valence-corrected chi connectivity index (χ3v) is 3.65. The highest BCUT2D eigenvalue weighted by atomic mass is 19.4. The first kappa shape index (κ1) is 16.6. The first-order valence-electron chi connectivity index (χ1n) is 6.81. The summed E-state index contributed by atoms with van der Waals surface area (Å²) >= 11 is 0. The monoisotopic (exact) mass is 318 g/mol. The Morgan fingerprint density at radius 2 is 1.86 bits per heavy atom. The molecule has 2 rings (SSSR count). The lowest BCUT2D eigenvalue weighted by Gasteiger charge is -2.38. The number of halogens is 3. The highest BCUT2D eigenvalue weighted by molar-refractivity contribution is 5.73. The summed E-state index contributed by atoms with van der Waals surface area (Å²) in [5.41, 5.74) is 0.332. The van der Waals surface area contributed by atoms with Crippen LogP contribution in [0, 0.1) is 0 Å². The number of likely N-dealkylation sites (tertiary alicyclic amines) is 1. The summed E-state index contributed by atoms with van der Waals surface area (Å²) in [7, 11) is 0. The van der Waals surface area contributed by atoms with Crippen LogP contribution in [0.15, 0.2) is 30.3 Å². The minimum atomic E-state index is -4.68. The van der Waals surface area contributed by atoms with Gasteiger partial charge in [-0.25, -0.2) is 10.3 Å². The molecule has 0 atom stereocenters. The smallest absolute Gasteiger partial charge is 0.380 e. The maximum atomic E-state index is 12.7. The Balaban J connectivity index is 1.76. The maximum absolute atomic E-state index is 12.7. The Kier molecular flexibility index (Phi) is 4.92. The van der Waals surface area contributed by atoms with Crippen molar-refractivity contribution in [2.24, 2.45) is 0 Å². The summed E-state index contributed by atoms with van der Waals surface area (Å²) in [4.78, 5) is 18.0. The summed E-state index contributed by atoms with van der Waals surface area (Å²) in [5.74, 6) is 0. The molecule has 2 amide bonds. The number of aliphatic hydroxyl groups is 1. The van der Waals surface area contributed by atoms with Crippen molar-refractivity contribution in [2.45, 2.75) is 31.2 Å². The van der Waals surface area contributed by atoms with Gasteiger partial charge in [0.25, 0.3) is 0 Å². The second kappa shape index (κ2) is 6.53. The second-order valence-corrected chi connectivity index (χ2v) is 5.20. The minimum absolute atomic E-state index is 0.160. The van der Waals surface area contributed by atoms with Gasteiger partial charge in [0.2, 0.25) is 0 Å². The molecule has 1 heterocycles. The normalized spacial score (nSPS) is 18.1. The van der Waals surface area contributed by atoms with Gasteiger partial charge in [-0.3, -0.25) is 4.84 Å². The summed E-state index contributed by atoms with van der Waals surface area (Å²) in [6, 6.07) is 8.51. The molecule has 0 spiro atoms. The molecule has 1 aromatic carbocycles. The van der Waals surface area contributed by atoms with Gasteiger partial charge in [-0.2, -0.15) is 13.2 Å². The zero-order valence-corrected chi connectivity index (χ0v) is 11.8. The number of hydroxylamine groups is 1. The lowest BCUT2D eigenvalue weighted by molar-refractivity contribution is -0.271. The molecular formula is C14H17F3N2O3. The van der Waals surface area contributed by atoms with Crippen LogP contribution < -0.4 is 5.48 Å². The maximum Gasteiger partial charge on any atom is 0.417 e. The number of rotatable bonds is 3. The minimum Gasteiger partial charge on any atom is -0.380 e. The predicted molar refractivity (Wildman–Crippen MR) is 71.6 cm³/mol. The standard InChI is InChI=1S/C14H17F3N2O3/c15-14(16,17)13(21)6-8-19(9-7-13)12(20)18-22-10-11-4-2-1-3-5-11/h1-5,21H,6-10H2,(H,18,20). The quantitative estimate of drug-likeness (QED) is 0.840. The molecule has 122 valence electrons. The largest absolute Gasteiger partial charge is 0.417 e. The summed E-state index contributed by atoms with van der Waals surface area (Å²) in [6.45, 7) is -0.208. The molecule has 0 saturated carbocycles. The summed E-state index contributed by atoms with van der Waals surface area (Å²) in [6.07, 6.45) is -5.76. The number of carbonyl (C=O) groups is 1. The number of amides is 2. The SMILES string of the molecule is O=C(NOCc1ccccc1)N1CCC(O)(C(F)(F)F)CC1. The third-order valence-electron chi connectivity index (χ3n) is 3.65. The van der Waals surface area contributed by atoms with E-state index in [1.807, 2.05) is 30.3 Å².